The van der Waals surface area contributed by atoms with Crippen LogP contribution in [0.15, 0.2) is 23.5 Å². The van der Waals surface area contributed by atoms with Gasteiger partial charge < -0.3 is 15.4 Å². The van der Waals surface area contributed by atoms with Crippen molar-refractivity contribution < 1.29 is 4.74 Å². The lowest BCUT2D eigenvalue weighted by molar-refractivity contribution is 0.192. The molecule has 0 saturated heterocycles. The first-order valence-electron chi connectivity index (χ1n) is 7.85. The molecule has 0 aliphatic rings. The molecule has 0 unspecified atom stereocenters. The fraction of sp³-hybridized carbons (Fsp3) is 0.733. The maximum atomic E-state index is 5.04. The number of hydrogen-bond acceptors (Lipinski definition) is 3. The van der Waals surface area contributed by atoms with E-state index in [1.165, 1.54) is 6.42 Å². The molecule has 1 rings (SSSR count). The summed E-state index contributed by atoms with van der Waals surface area (Å²) >= 11 is 0. The highest BCUT2D eigenvalue weighted by Gasteiger charge is 1.97. The highest BCUT2D eigenvalue weighted by Crippen LogP contribution is 1.94. The lowest BCUT2D eigenvalue weighted by Gasteiger charge is -2.11. The van der Waals surface area contributed by atoms with E-state index in [0.717, 1.165) is 58.0 Å². The number of rotatable bonds is 11. The summed E-state index contributed by atoms with van der Waals surface area (Å²) in [6.07, 6.45) is 8.22. The number of ether oxygens (including phenoxy) is 1. The molecular formula is C15H30IN5O. The van der Waals surface area contributed by atoms with E-state index in [9.17, 15) is 0 Å². The Labute approximate surface area is 151 Å². The van der Waals surface area contributed by atoms with Gasteiger partial charge in [-0.15, -0.1) is 24.0 Å². The quantitative estimate of drug-likeness (QED) is 0.248. The van der Waals surface area contributed by atoms with Gasteiger partial charge in [-0.1, -0.05) is 0 Å². The Hall–Kier alpha value is -0.830. The lowest BCUT2D eigenvalue weighted by Crippen LogP contribution is -2.37. The van der Waals surface area contributed by atoms with Crippen LogP contribution in [0, 0.1) is 0 Å². The monoisotopic (exact) mass is 423 g/mol. The van der Waals surface area contributed by atoms with E-state index >= 15 is 0 Å². The smallest absolute Gasteiger partial charge is 0.191 e. The van der Waals surface area contributed by atoms with Crippen LogP contribution in [0.1, 0.15) is 32.6 Å². The minimum atomic E-state index is 0. The Bertz CT molecular complexity index is 370. The van der Waals surface area contributed by atoms with Crippen molar-refractivity contribution in [1.82, 2.24) is 20.4 Å². The molecule has 1 heterocycles. The van der Waals surface area contributed by atoms with Crippen molar-refractivity contribution in [2.75, 3.05) is 33.4 Å². The van der Waals surface area contributed by atoms with Gasteiger partial charge in [0.1, 0.15) is 0 Å². The van der Waals surface area contributed by atoms with Gasteiger partial charge in [-0.05, 0) is 38.7 Å². The second-order valence-electron chi connectivity index (χ2n) is 4.86. The molecule has 0 atom stereocenters. The second-order valence-corrected chi connectivity index (χ2v) is 4.86. The van der Waals surface area contributed by atoms with Crippen LogP contribution in [0.2, 0.25) is 0 Å². The summed E-state index contributed by atoms with van der Waals surface area (Å²) in [5.41, 5.74) is 0. The van der Waals surface area contributed by atoms with Crippen LogP contribution in [-0.4, -0.2) is 49.1 Å². The van der Waals surface area contributed by atoms with E-state index < -0.39 is 0 Å². The largest absolute Gasteiger partial charge is 0.385 e. The molecule has 0 aliphatic heterocycles. The van der Waals surface area contributed by atoms with Gasteiger partial charge in [0, 0.05) is 52.3 Å². The van der Waals surface area contributed by atoms with Crippen LogP contribution >= 0.6 is 24.0 Å². The summed E-state index contributed by atoms with van der Waals surface area (Å²) < 4.78 is 6.98. The summed E-state index contributed by atoms with van der Waals surface area (Å²) in [6.45, 7) is 6.48. The predicted molar refractivity (Wildman–Crippen MR) is 102 cm³/mol. The van der Waals surface area contributed by atoms with E-state index in [-0.39, 0.29) is 24.0 Å². The number of aromatic nitrogens is 2. The molecule has 0 saturated carbocycles. The molecule has 0 fully saturated rings. The Morgan fingerprint density at radius 2 is 2.09 bits per heavy atom. The van der Waals surface area contributed by atoms with E-state index in [4.69, 9.17) is 4.74 Å². The van der Waals surface area contributed by atoms with E-state index in [2.05, 4.69) is 27.6 Å². The van der Waals surface area contributed by atoms with Crippen LogP contribution in [-0.2, 0) is 11.3 Å². The van der Waals surface area contributed by atoms with Crippen LogP contribution in [0.5, 0.6) is 0 Å². The highest BCUT2D eigenvalue weighted by molar-refractivity contribution is 14.0. The van der Waals surface area contributed by atoms with Crippen molar-refractivity contribution >= 4 is 29.9 Å². The maximum Gasteiger partial charge on any atom is 0.191 e. The van der Waals surface area contributed by atoms with Gasteiger partial charge in [-0.2, -0.15) is 5.10 Å². The molecule has 22 heavy (non-hydrogen) atoms. The molecule has 1 aromatic heterocycles. The summed E-state index contributed by atoms with van der Waals surface area (Å²) in [5.74, 6) is 0.907. The number of aryl methyl sites for hydroxylation is 1. The zero-order valence-corrected chi connectivity index (χ0v) is 16.1. The standard InChI is InChI=1S/C15H29N5O.HI/c1-3-16-15(17-9-5-4-6-14-21-2)18-10-7-12-20-13-8-11-19-20;/h8,11,13H,3-7,9-10,12,14H2,1-2H3,(H2,16,17,18);1H. The van der Waals surface area contributed by atoms with Crippen LogP contribution in [0.25, 0.3) is 0 Å². The van der Waals surface area contributed by atoms with E-state index in [1.807, 2.05) is 16.9 Å². The zero-order chi connectivity index (χ0) is 15.2. The normalized spacial score (nSPS) is 11.1. The number of hydrogen-bond donors (Lipinski definition) is 2. The fourth-order valence-electron chi connectivity index (χ4n) is 1.95. The number of guanidine groups is 1. The minimum Gasteiger partial charge on any atom is -0.385 e. The van der Waals surface area contributed by atoms with Crippen molar-refractivity contribution in [1.29, 1.82) is 0 Å². The van der Waals surface area contributed by atoms with Crippen molar-refractivity contribution in [2.24, 2.45) is 4.99 Å². The predicted octanol–water partition coefficient (Wildman–Crippen LogP) is 2.26. The van der Waals surface area contributed by atoms with Crippen LogP contribution < -0.4 is 10.6 Å². The van der Waals surface area contributed by atoms with Crippen molar-refractivity contribution in [3.8, 4) is 0 Å². The molecule has 1 aromatic rings. The highest BCUT2D eigenvalue weighted by atomic mass is 127. The Kier molecular flexibility index (Phi) is 14.5. The number of nitrogens with zero attached hydrogens (tertiary/aromatic N) is 3. The number of unbranched alkanes of at least 4 members (excludes halogenated alkanes) is 2. The molecule has 7 heteroatoms. The van der Waals surface area contributed by atoms with E-state index in [1.54, 1.807) is 13.3 Å². The third kappa shape index (κ3) is 10.8. The number of methoxy groups -OCH3 is 1. The molecule has 0 spiro atoms. The van der Waals surface area contributed by atoms with Gasteiger partial charge in [-0.3, -0.25) is 9.67 Å². The lowest BCUT2D eigenvalue weighted by atomic mass is 10.2. The molecule has 0 radical (unpaired) electrons. The molecular weight excluding hydrogens is 393 g/mol. The van der Waals surface area contributed by atoms with E-state index in [0.29, 0.717) is 0 Å². The molecule has 2 N–H and O–H groups in total. The number of halogens is 1. The molecule has 0 amide bonds. The summed E-state index contributed by atoms with van der Waals surface area (Å²) in [7, 11) is 1.75. The molecule has 0 bridgehead atoms. The third-order valence-electron chi connectivity index (χ3n) is 3.04. The molecule has 6 nitrogen and oxygen atoms in total. The number of aliphatic imine (C=N–C) groups is 1. The Morgan fingerprint density at radius 3 is 2.77 bits per heavy atom. The first-order chi connectivity index (χ1) is 10.4. The summed E-state index contributed by atoms with van der Waals surface area (Å²) in [5, 5.41) is 10.8. The SMILES string of the molecule is CCNC(=NCCCn1cccn1)NCCCCCOC.I. The van der Waals surface area contributed by atoms with Crippen molar-refractivity contribution in [3.63, 3.8) is 0 Å². The summed E-state index contributed by atoms with van der Waals surface area (Å²) in [6, 6.07) is 1.94. The maximum absolute atomic E-state index is 5.04. The van der Waals surface area contributed by atoms with Crippen LogP contribution in [0.3, 0.4) is 0 Å². The second kappa shape index (κ2) is 15.1. The zero-order valence-electron chi connectivity index (χ0n) is 13.8. The molecule has 0 aromatic carbocycles. The first-order valence-corrected chi connectivity index (χ1v) is 7.85. The number of nitrogens with one attached hydrogen (secondary N) is 2. The van der Waals surface area contributed by atoms with Gasteiger partial charge in [0.15, 0.2) is 5.96 Å². The third-order valence-corrected chi connectivity index (χ3v) is 3.04. The van der Waals surface area contributed by atoms with Gasteiger partial charge in [0.05, 0.1) is 0 Å². The van der Waals surface area contributed by atoms with Gasteiger partial charge in [0.2, 0.25) is 0 Å². The van der Waals surface area contributed by atoms with Gasteiger partial charge >= 0.3 is 0 Å². The topological polar surface area (TPSA) is 63.5 Å². The Morgan fingerprint density at radius 1 is 1.23 bits per heavy atom. The van der Waals surface area contributed by atoms with Crippen molar-refractivity contribution in [3.05, 3.63) is 18.5 Å². The van der Waals surface area contributed by atoms with Gasteiger partial charge in [0.25, 0.3) is 0 Å². The van der Waals surface area contributed by atoms with Crippen molar-refractivity contribution in [2.45, 2.75) is 39.2 Å². The molecule has 0 aliphatic carbocycles. The Balaban J connectivity index is 0.00000441. The summed E-state index contributed by atoms with van der Waals surface area (Å²) in [4.78, 5) is 4.58. The first kappa shape index (κ1) is 21.2. The minimum absolute atomic E-state index is 0. The molecule has 128 valence electrons. The van der Waals surface area contributed by atoms with Gasteiger partial charge in [-0.25, -0.2) is 0 Å². The average molecular weight is 423 g/mol. The average Bonchev–Trinajstić information content (AvgIpc) is 3.00. The van der Waals surface area contributed by atoms with Crippen LogP contribution in [0.4, 0.5) is 0 Å². The fourth-order valence-corrected chi connectivity index (χ4v) is 1.95.